The van der Waals surface area contributed by atoms with Crippen LogP contribution in [0.5, 0.6) is 0 Å². The van der Waals surface area contributed by atoms with E-state index in [4.69, 9.17) is 9.47 Å². The molecule has 0 saturated heterocycles. The Bertz CT molecular complexity index is 357. The number of rotatable bonds is 7. The van der Waals surface area contributed by atoms with E-state index in [2.05, 4.69) is 11.4 Å². The molecule has 5 heteroatoms. The molecule has 0 saturated carbocycles. The van der Waals surface area contributed by atoms with Crippen LogP contribution < -0.4 is 5.32 Å². The van der Waals surface area contributed by atoms with Crippen LogP contribution >= 0.6 is 11.3 Å². The molecular formula is C12H18N2O2S. The summed E-state index contributed by atoms with van der Waals surface area (Å²) in [6.45, 7) is 2.54. The number of nitrogens with one attached hydrogen (secondary N) is 1. The Balaban J connectivity index is 2.53. The highest BCUT2D eigenvalue weighted by molar-refractivity contribution is 7.09. The predicted molar refractivity (Wildman–Crippen MR) is 67.6 cm³/mol. The first-order valence-electron chi connectivity index (χ1n) is 5.38. The van der Waals surface area contributed by atoms with Crippen molar-refractivity contribution in [2.24, 2.45) is 0 Å². The number of hydrogen-bond acceptors (Lipinski definition) is 5. The van der Waals surface area contributed by atoms with Crippen LogP contribution in [0.15, 0.2) is 17.5 Å². The molecular weight excluding hydrogens is 236 g/mol. The lowest BCUT2D eigenvalue weighted by Crippen LogP contribution is -2.43. The third-order valence-electron chi connectivity index (χ3n) is 2.58. The van der Waals surface area contributed by atoms with Crippen LogP contribution in [0.2, 0.25) is 0 Å². The summed E-state index contributed by atoms with van der Waals surface area (Å²) in [5.74, 6) is 0. The summed E-state index contributed by atoms with van der Waals surface area (Å²) in [5, 5.41) is 14.5. The van der Waals surface area contributed by atoms with Gasteiger partial charge in [0.05, 0.1) is 6.07 Å². The minimum Gasteiger partial charge on any atom is -0.356 e. The van der Waals surface area contributed by atoms with E-state index in [1.165, 1.54) is 4.88 Å². The second kappa shape index (κ2) is 6.72. The third-order valence-corrected chi connectivity index (χ3v) is 3.46. The van der Waals surface area contributed by atoms with E-state index in [0.29, 0.717) is 13.0 Å². The number of thiophene rings is 1. The van der Waals surface area contributed by atoms with Crippen LogP contribution in [0.1, 0.15) is 18.2 Å². The molecule has 4 nitrogen and oxygen atoms in total. The topological polar surface area (TPSA) is 54.3 Å². The Morgan fingerprint density at radius 2 is 2.24 bits per heavy atom. The fourth-order valence-corrected chi connectivity index (χ4v) is 2.09. The quantitative estimate of drug-likeness (QED) is 0.757. The van der Waals surface area contributed by atoms with Gasteiger partial charge in [0.15, 0.2) is 6.29 Å². The summed E-state index contributed by atoms with van der Waals surface area (Å²) in [7, 11) is 3.15. The summed E-state index contributed by atoms with van der Waals surface area (Å²) < 4.78 is 10.2. The molecule has 1 aromatic heterocycles. The van der Waals surface area contributed by atoms with Gasteiger partial charge in [-0.25, -0.2) is 0 Å². The summed E-state index contributed by atoms with van der Waals surface area (Å²) in [6.07, 6.45) is 0.123. The van der Waals surface area contributed by atoms with Crippen molar-refractivity contribution in [3.05, 3.63) is 22.4 Å². The first-order valence-corrected chi connectivity index (χ1v) is 6.26. The Morgan fingerprint density at radius 1 is 1.53 bits per heavy atom. The molecule has 0 amide bonds. The van der Waals surface area contributed by atoms with E-state index in [9.17, 15) is 5.26 Å². The zero-order valence-electron chi connectivity index (χ0n) is 10.4. The second-order valence-corrected chi connectivity index (χ2v) is 5.01. The molecule has 17 heavy (non-hydrogen) atoms. The minimum atomic E-state index is -0.652. The molecule has 0 aliphatic carbocycles. The molecule has 0 fully saturated rings. The summed E-state index contributed by atoms with van der Waals surface area (Å²) in [5.41, 5.74) is -0.652. The normalized spacial score (nSPS) is 14.5. The highest BCUT2D eigenvalue weighted by Crippen LogP contribution is 2.16. The highest BCUT2D eigenvalue weighted by atomic mass is 32.1. The Labute approximate surface area is 106 Å². The Kier molecular flexibility index (Phi) is 5.59. The molecule has 0 bridgehead atoms. The van der Waals surface area contributed by atoms with Crippen LogP contribution in [-0.2, 0) is 16.0 Å². The number of hydrogen-bond donors (Lipinski definition) is 1. The van der Waals surface area contributed by atoms with Crippen molar-refractivity contribution in [3.8, 4) is 6.07 Å². The molecule has 1 rings (SSSR count). The van der Waals surface area contributed by atoms with E-state index in [-0.39, 0.29) is 6.29 Å². The molecule has 1 atom stereocenters. The van der Waals surface area contributed by atoms with Gasteiger partial charge in [-0.3, -0.25) is 5.32 Å². The fourth-order valence-electron chi connectivity index (χ4n) is 1.45. The van der Waals surface area contributed by atoms with Gasteiger partial charge in [-0.05, 0) is 18.4 Å². The van der Waals surface area contributed by atoms with Crippen LogP contribution in [0, 0.1) is 11.3 Å². The summed E-state index contributed by atoms with van der Waals surface area (Å²) >= 11 is 1.67. The lowest BCUT2D eigenvalue weighted by molar-refractivity contribution is -0.114. The number of ether oxygens (including phenoxy) is 2. The zero-order valence-corrected chi connectivity index (χ0v) is 11.2. The maximum absolute atomic E-state index is 9.23. The van der Waals surface area contributed by atoms with Crippen molar-refractivity contribution in [2.45, 2.75) is 31.7 Å². The average molecular weight is 254 g/mol. The minimum absolute atomic E-state index is 0.365. The maximum Gasteiger partial charge on any atom is 0.159 e. The molecule has 0 spiro atoms. The van der Waals surface area contributed by atoms with Gasteiger partial charge in [0.1, 0.15) is 5.54 Å². The van der Waals surface area contributed by atoms with Gasteiger partial charge >= 0.3 is 0 Å². The van der Waals surface area contributed by atoms with E-state index >= 15 is 0 Å². The maximum atomic E-state index is 9.23. The molecule has 0 aliphatic heterocycles. The SMILES string of the molecule is COC(CC(C)(C#N)NCc1cccs1)OC. The predicted octanol–water partition coefficient (Wildman–Crippen LogP) is 2.13. The lowest BCUT2D eigenvalue weighted by atomic mass is 9.99. The Morgan fingerprint density at radius 3 is 2.71 bits per heavy atom. The molecule has 1 unspecified atom stereocenters. The van der Waals surface area contributed by atoms with Gasteiger partial charge in [-0.1, -0.05) is 6.07 Å². The lowest BCUT2D eigenvalue weighted by Gasteiger charge is -2.26. The van der Waals surface area contributed by atoms with E-state index in [1.54, 1.807) is 25.6 Å². The van der Waals surface area contributed by atoms with Crippen molar-refractivity contribution in [3.63, 3.8) is 0 Å². The molecule has 1 aromatic rings. The molecule has 0 aliphatic rings. The highest BCUT2D eigenvalue weighted by Gasteiger charge is 2.27. The van der Waals surface area contributed by atoms with E-state index < -0.39 is 5.54 Å². The van der Waals surface area contributed by atoms with Gasteiger partial charge in [-0.15, -0.1) is 11.3 Å². The first kappa shape index (κ1) is 14.1. The summed E-state index contributed by atoms with van der Waals surface area (Å²) in [6, 6.07) is 6.31. The van der Waals surface area contributed by atoms with Gasteiger partial charge in [0, 0.05) is 32.1 Å². The third kappa shape index (κ3) is 4.44. The van der Waals surface area contributed by atoms with Gasteiger partial charge in [-0.2, -0.15) is 5.26 Å². The standard InChI is InChI=1S/C12H18N2O2S/c1-12(9-13,7-11(15-2)16-3)14-8-10-5-4-6-17-10/h4-6,11,14H,7-8H2,1-3H3. The van der Waals surface area contributed by atoms with Crippen molar-refractivity contribution < 1.29 is 9.47 Å². The van der Waals surface area contributed by atoms with E-state index in [1.807, 2.05) is 24.4 Å². The van der Waals surface area contributed by atoms with Gasteiger partial charge in [0.2, 0.25) is 0 Å². The van der Waals surface area contributed by atoms with Crippen LogP contribution in [0.3, 0.4) is 0 Å². The largest absolute Gasteiger partial charge is 0.356 e. The smallest absolute Gasteiger partial charge is 0.159 e. The van der Waals surface area contributed by atoms with Crippen molar-refractivity contribution in [1.82, 2.24) is 5.32 Å². The number of methoxy groups -OCH3 is 2. The van der Waals surface area contributed by atoms with E-state index in [0.717, 1.165) is 0 Å². The van der Waals surface area contributed by atoms with Crippen molar-refractivity contribution in [2.75, 3.05) is 14.2 Å². The first-order chi connectivity index (χ1) is 8.13. The van der Waals surface area contributed by atoms with Crippen molar-refractivity contribution >= 4 is 11.3 Å². The van der Waals surface area contributed by atoms with Crippen molar-refractivity contribution in [1.29, 1.82) is 5.26 Å². The molecule has 0 radical (unpaired) electrons. The molecule has 94 valence electrons. The van der Waals surface area contributed by atoms with Crippen LogP contribution in [0.25, 0.3) is 0 Å². The van der Waals surface area contributed by atoms with Gasteiger partial charge < -0.3 is 9.47 Å². The number of nitrogens with zero attached hydrogens (tertiary/aromatic N) is 1. The Hall–Kier alpha value is -0.930. The zero-order chi connectivity index (χ0) is 12.7. The monoisotopic (exact) mass is 254 g/mol. The second-order valence-electron chi connectivity index (χ2n) is 3.98. The average Bonchev–Trinajstić information content (AvgIpc) is 2.87. The fraction of sp³-hybridized carbons (Fsp3) is 0.583. The molecule has 1 N–H and O–H groups in total. The number of nitriles is 1. The molecule has 0 aromatic carbocycles. The summed E-state index contributed by atoms with van der Waals surface area (Å²) in [4.78, 5) is 1.21. The van der Waals surface area contributed by atoms with Crippen LogP contribution in [0.4, 0.5) is 0 Å². The molecule has 1 heterocycles. The van der Waals surface area contributed by atoms with Gasteiger partial charge in [0.25, 0.3) is 0 Å². The van der Waals surface area contributed by atoms with Crippen LogP contribution in [-0.4, -0.2) is 26.0 Å².